The van der Waals surface area contributed by atoms with E-state index in [1.54, 1.807) is 0 Å². The molecule has 1 heterocycles. The predicted octanol–water partition coefficient (Wildman–Crippen LogP) is 1.18. The van der Waals surface area contributed by atoms with Crippen molar-refractivity contribution in [1.82, 2.24) is 19.4 Å². The van der Waals surface area contributed by atoms with Gasteiger partial charge >= 0.3 is 0 Å². The zero-order valence-electron chi connectivity index (χ0n) is 12.8. The number of likely N-dealkylation sites (N-methyl/N-ethyl adjacent to an activating group) is 1. The molecule has 5 heteroatoms. The van der Waals surface area contributed by atoms with Gasteiger partial charge in [-0.2, -0.15) is 0 Å². The third-order valence-electron chi connectivity index (χ3n) is 3.44. The molecule has 0 amide bonds. The Bertz CT molecular complexity index is 347. The molecule has 1 atom stereocenters. The SMILES string of the molecule is CCCN(CCN(C)C)C(CN)c1cncn1CC. The molecule has 0 aliphatic heterocycles. The van der Waals surface area contributed by atoms with E-state index in [-0.39, 0.29) is 6.04 Å². The van der Waals surface area contributed by atoms with Crippen molar-refractivity contribution in [3.63, 3.8) is 0 Å². The third kappa shape index (κ3) is 4.60. The maximum Gasteiger partial charge on any atom is 0.0948 e. The summed E-state index contributed by atoms with van der Waals surface area (Å²) in [4.78, 5) is 8.96. The predicted molar refractivity (Wildman–Crippen MR) is 80.1 cm³/mol. The molecule has 0 radical (unpaired) electrons. The molecule has 5 nitrogen and oxygen atoms in total. The molecule has 1 unspecified atom stereocenters. The Kier molecular flexibility index (Phi) is 7.05. The molecule has 1 aromatic rings. The standard InChI is InChI=1S/C14H29N5/c1-5-7-19(9-8-17(3)4)13(10-15)14-11-16-12-18(14)6-2/h11-13H,5-10,15H2,1-4H3. The Balaban J connectivity index is 2.83. The van der Waals surface area contributed by atoms with Gasteiger partial charge in [-0.25, -0.2) is 4.98 Å². The molecule has 1 aromatic heterocycles. The monoisotopic (exact) mass is 267 g/mol. The van der Waals surface area contributed by atoms with Crippen molar-refractivity contribution >= 4 is 0 Å². The second-order valence-corrected chi connectivity index (χ2v) is 5.20. The quantitative estimate of drug-likeness (QED) is 0.730. The van der Waals surface area contributed by atoms with Gasteiger partial charge in [0, 0.05) is 32.4 Å². The molecule has 0 fully saturated rings. The van der Waals surface area contributed by atoms with E-state index in [2.05, 4.69) is 47.3 Å². The second-order valence-electron chi connectivity index (χ2n) is 5.20. The molecule has 0 spiro atoms. The van der Waals surface area contributed by atoms with Crippen LogP contribution in [0.4, 0.5) is 0 Å². The molecule has 0 aliphatic rings. The average Bonchev–Trinajstić information content (AvgIpc) is 2.85. The number of rotatable bonds is 9. The number of aromatic nitrogens is 2. The minimum atomic E-state index is 0.266. The van der Waals surface area contributed by atoms with E-state index in [0.717, 1.165) is 32.6 Å². The van der Waals surface area contributed by atoms with Crippen LogP contribution in [-0.2, 0) is 6.54 Å². The van der Waals surface area contributed by atoms with Gasteiger partial charge in [-0.15, -0.1) is 0 Å². The summed E-state index contributed by atoms with van der Waals surface area (Å²) >= 11 is 0. The lowest BCUT2D eigenvalue weighted by Crippen LogP contribution is -2.39. The first-order valence-electron chi connectivity index (χ1n) is 7.22. The molecule has 0 bridgehead atoms. The first kappa shape index (κ1) is 16.1. The van der Waals surface area contributed by atoms with Crippen LogP contribution in [-0.4, -0.2) is 59.6 Å². The molecular formula is C14H29N5. The van der Waals surface area contributed by atoms with E-state index in [4.69, 9.17) is 5.73 Å². The molecule has 2 N–H and O–H groups in total. The molecule has 19 heavy (non-hydrogen) atoms. The van der Waals surface area contributed by atoms with Crippen LogP contribution in [0.1, 0.15) is 32.0 Å². The van der Waals surface area contributed by atoms with E-state index < -0.39 is 0 Å². The van der Waals surface area contributed by atoms with Gasteiger partial charge in [0.05, 0.1) is 18.1 Å². The highest BCUT2D eigenvalue weighted by Crippen LogP contribution is 2.19. The highest BCUT2D eigenvalue weighted by atomic mass is 15.2. The molecule has 0 saturated carbocycles. The van der Waals surface area contributed by atoms with Crippen molar-refractivity contribution in [1.29, 1.82) is 0 Å². The Morgan fingerprint density at radius 1 is 1.26 bits per heavy atom. The van der Waals surface area contributed by atoms with Crippen LogP contribution in [0.5, 0.6) is 0 Å². The maximum absolute atomic E-state index is 6.03. The molecule has 0 aliphatic carbocycles. The van der Waals surface area contributed by atoms with Crippen LogP contribution in [0.15, 0.2) is 12.5 Å². The van der Waals surface area contributed by atoms with Crippen molar-refractivity contribution in [2.45, 2.75) is 32.9 Å². The first-order chi connectivity index (χ1) is 9.13. The zero-order valence-corrected chi connectivity index (χ0v) is 12.8. The number of imidazole rings is 1. The van der Waals surface area contributed by atoms with E-state index in [1.807, 2.05) is 12.5 Å². The van der Waals surface area contributed by atoms with Crippen LogP contribution in [0.25, 0.3) is 0 Å². The number of nitrogens with two attached hydrogens (primary N) is 1. The van der Waals surface area contributed by atoms with E-state index in [9.17, 15) is 0 Å². The van der Waals surface area contributed by atoms with Gasteiger partial charge < -0.3 is 15.2 Å². The third-order valence-corrected chi connectivity index (χ3v) is 3.44. The van der Waals surface area contributed by atoms with Crippen molar-refractivity contribution in [3.05, 3.63) is 18.2 Å². The Morgan fingerprint density at radius 3 is 2.53 bits per heavy atom. The maximum atomic E-state index is 6.03. The van der Waals surface area contributed by atoms with E-state index in [0.29, 0.717) is 6.54 Å². The smallest absolute Gasteiger partial charge is 0.0948 e. The molecule has 110 valence electrons. The fourth-order valence-corrected chi connectivity index (χ4v) is 2.37. The average molecular weight is 267 g/mol. The van der Waals surface area contributed by atoms with Crippen LogP contribution in [0.3, 0.4) is 0 Å². The van der Waals surface area contributed by atoms with Gasteiger partial charge in [-0.1, -0.05) is 6.92 Å². The summed E-state index contributed by atoms with van der Waals surface area (Å²) < 4.78 is 2.19. The topological polar surface area (TPSA) is 50.3 Å². The van der Waals surface area contributed by atoms with E-state index in [1.165, 1.54) is 5.69 Å². The Labute approximate surface area is 117 Å². The summed E-state index contributed by atoms with van der Waals surface area (Å²) in [5.74, 6) is 0. The van der Waals surface area contributed by atoms with Gasteiger partial charge in [0.15, 0.2) is 0 Å². The van der Waals surface area contributed by atoms with E-state index >= 15 is 0 Å². The highest BCUT2D eigenvalue weighted by molar-refractivity contribution is 5.06. The summed E-state index contributed by atoms with van der Waals surface area (Å²) in [5, 5.41) is 0. The highest BCUT2D eigenvalue weighted by Gasteiger charge is 2.21. The summed E-state index contributed by atoms with van der Waals surface area (Å²) in [6.07, 6.45) is 5.00. The van der Waals surface area contributed by atoms with Crippen molar-refractivity contribution in [2.75, 3.05) is 40.3 Å². The minimum absolute atomic E-state index is 0.266. The number of hydrogen-bond donors (Lipinski definition) is 1. The molecule has 0 aromatic carbocycles. The second kappa shape index (κ2) is 8.30. The molecule has 0 saturated heterocycles. The molecule has 1 rings (SSSR count). The lowest BCUT2D eigenvalue weighted by molar-refractivity contribution is 0.176. The fraction of sp³-hybridized carbons (Fsp3) is 0.786. The lowest BCUT2D eigenvalue weighted by atomic mass is 10.1. The summed E-state index contributed by atoms with van der Waals surface area (Å²) in [7, 11) is 4.22. The van der Waals surface area contributed by atoms with Crippen LogP contribution >= 0.6 is 0 Å². The van der Waals surface area contributed by atoms with Crippen molar-refractivity contribution in [2.24, 2.45) is 5.73 Å². The van der Waals surface area contributed by atoms with Gasteiger partial charge in [0.25, 0.3) is 0 Å². The number of hydrogen-bond acceptors (Lipinski definition) is 4. The summed E-state index contributed by atoms with van der Waals surface area (Å²) in [6.45, 7) is 9.10. The normalized spacial score (nSPS) is 13.4. The van der Waals surface area contributed by atoms with Crippen molar-refractivity contribution in [3.8, 4) is 0 Å². The zero-order chi connectivity index (χ0) is 14.3. The number of aryl methyl sites for hydroxylation is 1. The van der Waals surface area contributed by atoms with Crippen LogP contribution in [0.2, 0.25) is 0 Å². The van der Waals surface area contributed by atoms with Gasteiger partial charge in [-0.05, 0) is 34.0 Å². The summed E-state index contributed by atoms with van der Waals surface area (Å²) in [5.41, 5.74) is 7.26. The van der Waals surface area contributed by atoms with Gasteiger partial charge in [0.2, 0.25) is 0 Å². The minimum Gasteiger partial charge on any atom is -0.333 e. The lowest BCUT2D eigenvalue weighted by Gasteiger charge is -2.32. The van der Waals surface area contributed by atoms with Gasteiger partial charge in [-0.3, -0.25) is 4.90 Å². The first-order valence-corrected chi connectivity index (χ1v) is 7.22. The Hall–Kier alpha value is -0.910. The molecular weight excluding hydrogens is 238 g/mol. The van der Waals surface area contributed by atoms with Crippen LogP contribution in [0, 0.1) is 0 Å². The largest absolute Gasteiger partial charge is 0.333 e. The fourth-order valence-electron chi connectivity index (χ4n) is 2.37. The van der Waals surface area contributed by atoms with Gasteiger partial charge in [0.1, 0.15) is 0 Å². The summed E-state index contributed by atoms with van der Waals surface area (Å²) in [6, 6.07) is 0.266. The van der Waals surface area contributed by atoms with Crippen LogP contribution < -0.4 is 5.73 Å². The number of nitrogens with zero attached hydrogens (tertiary/aromatic N) is 4. The Morgan fingerprint density at radius 2 is 2.00 bits per heavy atom. The van der Waals surface area contributed by atoms with Crippen molar-refractivity contribution < 1.29 is 0 Å².